The van der Waals surface area contributed by atoms with E-state index in [0.29, 0.717) is 11.4 Å². The third kappa shape index (κ3) is 5.41. The summed E-state index contributed by atoms with van der Waals surface area (Å²) in [5, 5.41) is 0. The molecule has 2 heterocycles. The number of benzene rings is 2. The van der Waals surface area contributed by atoms with Crippen molar-refractivity contribution in [1.82, 2.24) is 0 Å². The van der Waals surface area contributed by atoms with Gasteiger partial charge in [0.1, 0.15) is 14.1 Å². The van der Waals surface area contributed by atoms with Crippen LogP contribution >= 0.6 is 0 Å². The van der Waals surface area contributed by atoms with Crippen LogP contribution in [0.25, 0.3) is 11.1 Å². The zero-order valence-electron chi connectivity index (χ0n) is 18.6. The quantitative estimate of drug-likeness (QED) is 0.384. The van der Waals surface area contributed by atoms with Gasteiger partial charge in [-0.25, -0.2) is 26.0 Å². The molecule has 0 spiro atoms. The summed E-state index contributed by atoms with van der Waals surface area (Å²) in [6.45, 7) is 0. The van der Waals surface area contributed by atoms with Gasteiger partial charge in [-0.2, -0.15) is 0 Å². The van der Waals surface area contributed by atoms with Crippen molar-refractivity contribution in [2.45, 2.75) is 9.79 Å². The second kappa shape index (κ2) is 9.24. The van der Waals surface area contributed by atoms with Crippen LogP contribution in [0.1, 0.15) is 0 Å². The lowest BCUT2D eigenvalue weighted by molar-refractivity contribution is -0.671. The summed E-state index contributed by atoms with van der Waals surface area (Å²) in [6, 6.07) is 19.5. The zero-order chi connectivity index (χ0) is 24.3. The molecule has 0 amide bonds. The molecule has 8 nitrogen and oxygen atoms in total. The lowest BCUT2D eigenvalue weighted by Crippen LogP contribution is -2.26. The van der Waals surface area contributed by atoms with E-state index in [4.69, 9.17) is 0 Å². The number of sulfonamides is 2. The molecule has 0 aliphatic rings. The Labute approximate surface area is 199 Å². The summed E-state index contributed by atoms with van der Waals surface area (Å²) < 4.78 is 59.4. The number of hydrogen-bond acceptors (Lipinski definition) is 4. The Kier molecular flexibility index (Phi) is 6.36. The van der Waals surface area contributed by atoms with Crippen LogP contribution in [0.15, 0.2) is 107 Å². The van der Waals surface area contributed by atoms with Crippen molar-refractivity contribution in [1.29, 1.82) is 0 Å². The van der Waals surface area contributed by atoms with E-state index in [2.05, 4.69) is 9.44 Å². The van der Waals surface area contributed by atoms with Crippen LogP contribution < -0.4 is 18.6 Å². The highest BCUT2D eigenvalue weighted by molar-refractivity contribution is 7.93. The van der Waals surface area contributed by atoms with Crippen LogP contribution in [0, 0.1) is 0 Å². The molecule has 10 heteroatoms. The van der Waals surface area contributed by atoms with Crippen molar-refractivity contribution in [3.05, 3.63) is 97.6 Å². The lowest BCUT2D eigenvalue weighted by atomic mass is 10.1. The first-order valence-electron chi connectivity index (χ1n) is 10.3. The van der Waals surface area contributed by atoms with Gasteiger partial charge in [-0.3, -0.25) is 9.44 Å². The van der Waals surface area contributed by atoms with Crippen molar-refractivity contribution in [3.8, 4) is 11.1 Å². The van der Waals surface area contributed by atoms with Gasteiger partial charge < -0.3 is 0 Å². The van der Waals surface area contributed by atoms with Gasteiger partial charge in [0.2, 0.25) is 0 Å². The highest BCUT2D eigenvalue weighted by Crippen LogP contribution is 2.24. The van der Waals surface area contributed by atoms with E-state index in [1.165, 1.54) is 24.3 Å². The predicted molar refractivity (Wildman–Crippen MR) is 129 cm³/mol. The molecule has 0 saturated heterocycles. The van der Waals surface area contributed by atoms with E-state index in [0.717, 1.165) is 11.1 Å². The van der Waals surface area contributed by atoms with Gasteiger partial charge in [0.05, 0.1) is 21.2 Å². The first-order chi connectivity index (χ1) is 16.1. The number of anilines is 2. The maximum atomic E-state index is 12.7. The second-order valence-electron chi connectivity index (χ2n) is 7.76. The molecule has 4 rings (SSSR count). The number of hydrogen-bond donors (Lipinski definition) is 2. The summed E-state index contributed by atoms with van der Waals surface area (Å²) >= 11 is 0. The van der Waals surface area contributed by atoms with Crippen molar-refractivity contribution < 1.29 is 26.0 Å². The van der Waals surface area contributed by atoms with E-state index in [9.17, 15) is 16.8 Å². The second-order valence-corrected chi connectivity index (χ2v) is 11.1. The SMILES string of the molecule is C[n+]1ccc(NS(=O)(=O)c2ccc(-c3ccc(S(=O)(=O)Nc4cc[n+](C)cc4)cc3)cc2)cc1. The van der Waals surface area contributed by atoms with E-state index in [-0.39, 0.29) is 9.79 Å². The number of pyridine rings is 2. The van der Waals surface area contributed by atoms with Crippen LogP contribution in [-0.2, 0) is 34.1 Å². The van der Waals surface area contributed by atoms with Crippen LogP contribution in [0.3, 0.4) is 0 Å². The summed E-state index contributed by atoms with van der Waals surface area (Å²) in [4.78, 5) is 0.258. The molecular formula is C24H24N4O4S2+2. The standard InChI is InChI=1S/C24H22N4O4S2/c1-27-15-11-21(12-16-27)25-33(29,30)23-7-3-19(4-8-23)20-5-9-24(10-6-20)34(31,32)26-22-13-17-28(2)18-14-22/h3-18H,1-2H3/p+2. The first kappa shape index (κ1) is 23.4. The van der Waals surface area contributed by atoms with Crippen LogP contribution in [0.5, 0.6) is 0 Å². The van der Waals surface area contributed by atoms with E-state index in [1.807, 2.05) is 14.1 Å². The maximum absolute atomic E-state index is 12.7. The minimum atomic E-state index is -3.73. The number of aromatic nitrogens is 2. The van der Waals surface area contributed by atoms with Gasteiger partial charge in [-0.05, 0) is 35.4 Å². The molecule has 0 fully saturated rings. The summed E-state index contributed by atoms with van der Waals surface area (Å²) in [6.07, 6.45) is 7.00. The number of rotatable bonds is 7. The van der Waals surface area contributed by atoms with Gasteiger partial charge in [0.25, 0.3) is 20.0 Å². The molecule has 0 atom stereocenters. The smallest absolute Gasteiger partial charge is 0.261 e. The minimum absolute atomic E-state index is 0.129. The highest BCUT2D eigenvalue weighted by atomic mass is 32.2. The van der Waals surface area contributed by atoms with Crippen LogP contribution in [0.2, 0.25) is 0 Å². The summed E-state index contributed by atoms with van der Waals surface area (Å²) in [5.41, 5.74) is 2.46. The summed E-state index contributed by atoms with van der Waals surface area (Å²) in [5.74, 6) is 0. The van der Waals surface area contributed by atoms with Gasteiger partial charge in [-0.1, -0.05) is 24.3 Å². The molecule has 2 N–H and O–H groups in total. The lowest BCUT2D eigenvalue weighted by Gasteiger charge is -2.10. The number of aryl methyl sites for hydroxylation is 2. The van der Waals surface area contributed by atoms with Crippen molar-refractivity contribution in [3.63, 3.8) is 0 Å². The van der Waals surface area contributed by atoms with Gasteiger partial charge in [0, 0.05) is 24.3 Å². The molecule has 0 aliphatic carbocycles. The first-order valence-corrected chi connectivity index (χ1v) is 13.3. The molecule has 2 aromatic heterocycles. The minimum Gasteiger partial charge on any atom is -0.279 e. The number of nitrogens with zero attached hydrogens (tertiary/aromatic N) is 2. The van der Waals surface area contributed by atoms with E-state index in [1.54, 1.807) is 82.5 Å². The Morgan fingerprint density at radius 3 is 1.09 bits per heavy atom. The maximum Gasteiger partial charge on any atom is 0.261 e. The topological polar surface area (TPSA) is 100 Å². The Morgan fingerprint density at radius 2 is 0.794 bits per heavy atom. The Bertz CT molecular complexity index is 1380. The Hall–Kier alpha value is -3.76. The van der Waals surface area contributed by atoms with Crippen molar-refractivity contribution in [2.75, 3.05) is 9.44 Å². The predicted octanol–water partition coefficient (Wildman–Crippen LogP) is 2.60. The third-order valence-electron chi connectivity index (χ3n) is 5.12. The zero-order valence-corrected chi connectivity index (χ0v) is 20.2. The molecular weight excluding hydrogens is 472 g/mol. The Balaban J connectivity index is 1.49. The van der Waals surface area contributed by atoms with Crippen molar-refractivity contribution >= 4 is 31.4 Å². The van der Waals surface area contributed by atoms with E-state index < -0.39 is 20.0 Å². The van der Waals surface area contributed by atoms with Crippen LogP contribution in [0.4, 0.5) is 11.4 Å². The average Bonchev–Trinajstić information content (AvgIpc) is 2.82. The summed E-state index contributed by atoms with van der Waals surface area (Å²) in [7, 11) is -3.77. The van der Waals surface area contributed by atoms with Crippen LogP contribution in [-0.4, -0.2) is 16.8 Å². The third-order valence-corrected chi connectivity index (χ3v) is 7.92. The fourth-order valence-corrected chi connectivity index (χ4v) is 5.34. The molecule has 34 heavy (non-hydrogen) atoms. The van der Waals surface area contributed by atoms with Crippen molar-refractivity contribution in [2.24, 2.45) is 14.1 Å². The van der Waals surface area contributed by atoms with Gasteiger partial charge in [0.15, 0.2) is 24.8 Å². The molecule has 0 aliphatic heterocycles. The molecule has 0 bridgehead atoms. The van der Waals surface area contributed by atoms with Gasteiger partial charge in [-0.15, -0.1) is 0 Å². The van der Waals surface area contributed by atoms with E-state index >= 15 is 0 Å². The fourth-order valence-electron chi connectivity index (χ4n) is 3.22. The molecule has 0 radical (unpaired) electrons. The average molecular weight is 497 g/mol. The molecule has 2 aromatic carbocycles. The molecule has 0 saturated carbocycles. The molecule has 174 valence electrons. The van der Waals surface area contributed by atoms with Gasteiger partial charge >= 0.3 is 0 Å². The monoisotopic (exact) mass is 496 g/mol. The normalized spacial score (nSPS) is 11.7. The largest absolute Gasteiger partial charge is 0.279 e. The number of nitrogens with one attached hydrogen (secondary N) is 2. The highest BCUT2D eigenvalue weighted by Gasteiger charge is 2.17. The molecule has 0 unspecified atom stereocenters. The molecule has 4 aromatic rings. The fraction of sp³-hybridized carbons (Fsp3) is 0.0833. The Morgan fingerprint density at radius 1 is 0.500 bits per heavy atom.